The third kappa shape index (κ3) is 9.00. The van der Waals surface area contributed by atoms with E-state index in [0.29, 0.717) is 6.54 Å². The predicted molar refractivity (Wildman–Crippen MR) is 65.9 cm³/mol. The molecule has 0 heterocycles. The summed E-state index contributed by atoms with van der Waals surface area (Å²) in [6.07, 6.45) is 1.61. The highest BCUT2D eigenvalue weighted by Gasteiger charge is 2.05. The zero-order chi connectivity index (χ0) is 12.3. The SMILES string of the molecule is C=C/C(CNC(=O)C(C)C)=N\NC.CC. The fraction of sp³-hybridized carbons (Fsp3) is 0.636. The molecule has 0 unspecified atom stereocenters. The number of nitrogens with zero attached hydrogens (tertiary/aromatic N) is 1. The summed E-state index contributed by atoms with van der Waals surface area (Å²) in [5, 5.41) is 6.64. The van der Waals surface area contributed by atoms with Gasteiger partial charge in [0.1, 0.15) is 0 Å². The molecule has 0 aromatic rings. The Balaban J connectivity index is 0. The van der Waals surface area contributed by atoms with Crippen molar-refractivity contribution in [1.29, 1.82) is 0 Å². The van der Waals surface area contributed by atoms with Gasteiger partial charge in [-0.15, -0.1) is 0 Å². The highest BCUT2D eigenvalue weighted by atomic mass is 16.1. The summed E-state index contributed by atoms with van der Waals surface area (Å²) in [6, 6.07) is 0. The Labute approximate surface area is 92.8 Å². The molecule has 0 aromatic carbocycles. The number of amides is 1. The lowest BCUT2D eigenvalue weighted by Crippen LogP contribution is -2.32. The number of nitrogens with one attached hydrogen (secondary N) is 2. The number of hydrogen-bond acceptors (Lipinski definition) is 3. The Hall–Kier alpha value is -1.32. The normalized spacial score (nSPS) is 10.1. The van der Waals surface area contributed by atoms with Crippen LogP contribution in [0.1, 0.15) is 27.7 Å². The molecule has 4 nitrogen and oxygen atoms in total. The molecular weight excluding hydrogens is 190 g/mol. The van der Waals surface area contributed by atoms with Crippen LogP contribution in [0, 0.1) is 5.92 Å². The quantitative estimate of drug-likeness (QED) is 0.538. The van der Waals surface area contributed by atoms with Crippen molar-refractivity contribution in [3.63, 3.8) is 0 Å². The van der Waals surface area contributed by atoms with Gasteiger partial charge in [0.25, 0.3) is 0 Å². The maximum absolute atomic E-state index is 11.1. The van der Waals surface area contributed by atoms with E-state index in [1.165, 1.54) is 0 Å². The Kier molecular flexibility index (Phi) is 11.6. The molecule has 0 atom stereocenters. The Morgan fingerprint density at radius 2 is 2.00 bits per heavy atom. The Morgan fingerprint density at radius 3 is 2.33 bits per heavy atom. The van der Waals surface area contributed by atoms with E-state index in [1.54, 1.807) is 13.1 Å². The van der Waals surface area contributed by atoms with Crippen molar-refractivity contribution in [2.45, 2.75) is 27.7 Å². The first-order valence-electron chi connectivity index (χ1n) is 5.25. The summed E-state index contributed by atoms with van der Waals surface area (Å²) in [6.45, 7) is 11.7. The summed E-state index contributed by atoms with van der Waals surface area (Å²) >= 11 is 0. The molecule has 0 fully saturated rings. The molecule has 0 aliphatic carbocycles. The second-order valence-corrected chi connectivity index (χ2v) is 2.90. The lowest BCUT2D eigenvalue weighted by Gasteiger charge is -2.06. The molecule has 0 spiro atoms. The number of hydrogen-bond donors (Lipinski definition) is 2. The summed E-state index contributed by atoms with van der Waals surface area (Å²) in [5.74, 6) is 0.0197. The van der Waals surface area contributed by atoms with Gasteiger partial charge in [-0.05, 0) is 6.08 Å². The zero-order valence-electron chi connectivity index (χ0n) is 10.4. The van der Waals surface area contributed by atoms with Gasteiger partial charge >= 0.3 is 0 Å². The maximum atomic E-state index is 11.1. The van der Waals surface area contributed by atoms with Gasteiger partial charge in [0.05, 0.1) is 12.3 Å². The van der Waals surface area contributed by atoms with Gasteiger partial charge in [-0.3, -0.25) is 4.79 Å². The van der Waals surface area contributed by atoms with E-state index >= 15 is 0 Å². The topological polar surface area (TPSA) is 53.5 Å². The molecule has 2 N–H and O–H groups in total. The molecule has 88 valence electrons. The summed E-state index contributed by atoms with van der Waals surface area (Å²) in [4.78, 5) is 11.1. The van der Waals surface area contributed by atoms with Gasteiger partial charge < -0.3 is 10.7 Å². The van der Waals surface area contributed by atoms with E-state index in [-0.39, 0.29) is 11.8 Å². The minimum absolute atomic E-state index is 0.000603. The van der Waals surface area contributed by atoms with Gasteiger partial charge in [-0.2, -0.15) is 5.10 Å². The molecule has 15 heavy (non-hydrogen) atoms. The van der Waals surface area contributed by atoms with Gasteiger partial charge in [0, 0.05) is 13.0 Å². The molecule has 0 rings (SSSR count). The van der Waals surface area contributed by atoms with Crippen LogP contribution in [-0.2, 0) is 4.79 Å². The summed E-state index contributed by atoms with van der Waals surface area (Å²) in [7, 11) is 1.70. The molecule has 0 aromatic heterocycles. The van der Waals surface area contributed by atoms with Gasteiger partial charge in [0.15, 0.2) is 0 Å². The molecule has 0 saturated heterocycles. The lowest BCUT2D eigenvalue weighted by atomic mass is 10.2. The third-order valence-electron chi connectivity index (χ3n) is 1.46. The van der Waals surface area contributed by atoms with Crippen LogP contribution in [0.2, 0.25) is 0 Å². The van der Waals surface area contributed by atoms with E-state index in [1.807, 2.05) is 27.7 Å². The van der Waals surface area contributed by atoms with Crippen molar-refractivity contribution in [2.24, 2.45) is 11.0 Å². The Bertz CT molecular complexity index is 210. The van der Waals surface area contributed by atoms with E-state index in [9.17, 15) is 4.79 Å². The number of hydrazone groups is 1. The highest BCUT2D eigenvalue weighted by molar-refractivity contribution is 5.98. The van der Waals surface area contributed by atoms with Crippen LogP contribution in [0.5, 0.6) is 0 Å². The summed E-state index contributed by atoms with van der Waals surface area (Å²) < 4.78 is 0. The van der Waals surface area contributed by atoms with E-state index < -0.39 is 0 Å². The van der Waals surface area contributed by atoms with Gasteiger partial charge in [-0.25, -0.2) is 0 Å². The Morgan fingerprint density at radius 1 is 1.47 bits per heavy atom. The van der Waals surface area contributed by atoms with E-state index in [4.69, 9.17) is 0 Å². The van der Waals surface area contributed by atoms with Crippen molar-refractivity contribution in [1.82, 2.24) is 10.7 Å². The van der Waals surface area contributed by atoms with Crippen LogP contribution in [0.25, 0.3) is 0 Å². The van der Waals surface area contributed by atoms with Crippen LogP contribution in [0.3, 0.4) is 0 Å². The van der Waals surface area contributed by atoms with Crippen molar-refractivity contribution < 1.29 is 4.79 Å². The maximum Gasteiger partial charge on any atom is 0.222 e. The molecule has 0 saturated carbocycles. The summed E-state index contributed by atoms with van der Waals surface area (Å²) in [5.41, 5.74) is 3.36. The number of carbonyl (C=O) groups is 1. The van der Waals surface area contributed by atoms with Crippen LogP contribution in [-0.4, -0.2) is 25.2 Å². The molecule has 0 radical (unpaired) electrons. The first-order valence-corrected chi connectivity index (χ1v) is 5.25. The minimum atomic E-state index is 0.000603. The van der Waals surface area contributed by atoms with Crippen LogP contribution in [0.4, 0.5) is 0 Å². The van der Waals surface area contributed by atoms with Gasteiger partial charge in [0.2, 0.25) is 5.91 Å². The van der Waals surface area contributed by atoms with Crippen molar-refractivity contribution >= 4 is 11.6 Å². The molecule has 0 aliphatic rings. The molecule has 0 bridgehead atoms. The third-order valence-corrected chi connectivity index (χ3v) is 1.46. The smallest absolute Gasteiger partial charge is 0.222 e. The largest absolute Gasteiger partial charge is 0.350 e. The fourth-order valence-electron chi connectivity index (χ4n) is 0.683. The van der Waals surface area contributed by atoms with Crippen LogP contribution in [0.15, 0.2) is 17.8 Å². The second kappa shape index (κ2) is 10.8. The monoisotopic (exact) mass is 213 g/mol. The van der Waals surface area contributed by atoms with Crippen molar-refractivity contribution in [2.75, 3.05) is 13.6 Å². The van der Waals surface area contributed by atoms with Crippen molar-refractivity contribution in [3.05, 3.63) is 12.7 Å². The fourth-order valence-corrected chi connectivity index (χ4v) is 0.683. The average Bonchev–Trinajstić information content (AvgIpc) is 2.26. The minimum Gasteiger partial charge on any atom is -0.350 e. The number of carbonyl (C=O) groups excluding carboxylic acids is 1. The predicted octanol–water partition coefficient (Wildman–Crippen LogP) is 1.55. The standard InChI is InChI=1S/C9H17N3O.C2H6/c1-5-8(12-10-4)6-11-9(13)7(2)3;1-2/h5,7,10H,1,6H2,2-4H3,(H,11,13);1-2H3/b12-8+;. The first kappa shape index (κ1) is 16.1. The first-order chi connectivity index (χ1) is 7.11. The lowest BCUT2D eigenvalue weighted by molar-refractivity contribution is -0.123. The number of rotatable bonds is 5. The van der Waals surface area contributed by atoms with Crippen molar-refractivity contribution in [3.8, 4) is 0 Å². The molecular formula is C11H23N3O. The zero-order valence-corrected chi connectivity index (χ0v) is 10.4. The second-order valence-electron chi connectivity index (χ2n) is 2.90. The molecule has 4 heteroatoms. The van der Waals surface area contributed by atoms with Crippen LogP contribution >= 0.6 is 0 Å². The molecule has 0 aliphatic heterocycles. The highest BCUT2D eigenvalue weighted by Crippen LogP contribution is 1.89. The average molecular weight is 213 g/mol. The molecule has 1 amide bonds. The van der Waals surface area contributed by atoms with E-state index in [0.717, 1.165) is 5.71 Å². The van der Waals surface area contributed by atoms with E-state index in [2.05, 4.69) is 22.4 Å². The van der Waals surface area contributed by atoms with Gasteiger partial charge in [-0.1, -0.05) is 34.3 Å². The van der Waals surface area contributed by atoms with Crippen LogP contribution < -0.4 is 10.7 Å².